The quantitative estimate of drug-likeness (QED) is 0.0769. The summed E-state index contributed by atoms with van der Waals surface area (Å²) in [6.07, 6.45) is 3.33. The number of anilines is 6. The third-order valence-corrected chi connectivity index (χ3v) is 6.58. The third-order valence-electron chi connectivity index (χ3n) is 5.57. The molecule has 4 N–H and O–H groups in total. The summed E-state index contributed by atoms with van der Waals surface area (Å²) in [7, 11) is 0. The van der Waals surface area contributed by atoms with Crippen LogP contribution in [-0.2, 0) is 9.59 Å². The maximum atomic E-state index is 11.9. The molecule has 0 unspecified atom stereocenters. The van der Waals surface area contributed by atoms with Crippen LogP contribution in [0.1, 0.15) is 11.1 Å². The Hall–Kier alpha value is -4.28. The standard InChI is InChI=1S/C30H26Br2N6O2/c31-17-29(39)37-27-15-7-5-13-25(27)35-23-11-3-1-9-21(23)19-33-34-20-22-10-2-4-12-24(22)36-26-14-6-8-16-28(26)38-30(40)18-32/h1-16,19-20,35-36H,17-18H2,(H,37,39)(H,38,40). The van der Waals surface area contributed by atoms with E-state index in [-0.39, 0.29) is 22.5 Å². The molecule has 2 amide bonds. The fourth-order valence-corrected chi connectivity index (χ4v) is 3.98. The van der Waals surface area contributed by atoms with Gasteiger partial charge in [-0.05, 0) is 36.4 Å². The van der Waals surface area contributed by atoms with Crippen molar-refractivity contribution in [2.45, 2.75) is 0 Å². The summed E-state index contributed by atoms with van der Waals surface area (Å²) in [6, 6.07) is 30.4. The minimum Gasteiger partial charge on any atom is -0.353 e. The van der Waals surface area contributed by atoms with Crippen LogP contribution in [0, 0.1) is 0 Å². The molecule has 0 bridgehead atoms. The minimum atomic E-state index is -0.139. The molecule has 0 radical (unpaired) electrons. The molecule has 0 saturated heterocycles. The number of nitrogens with zero attached hydrogens (tertiary/aromatic N) is 2. The van der Waals surface area contributed by atoms with E-state index in [0.29, 0.717) is 11.4 Å². The average molecular weight is 662 g/mol. The summed E-state index contributed by atoms with van der Waals surface area (Å²) in [5.74, 6) is -0.277. The topological polar surface area (TPSA) is 107 Å². The van der Waals surface area contributed by atoms with Gasteiger partial charge in [0.05, 0.1) is 45.8 Å². The number of hydrogen-bond donors (Lipinski definition) is 4. The lowest BCUT2D eigenvalue weighted by molar-refractivity contribution is -0.114. The van der Waals surface area contributed by atoms with Gasteiger partial charge in [0, 0.05) is 22.5 Å². The third kappa shape index (κ3) is 8.11. The Kier molecular flexibility index (Phi) is 10.6. The fraction of sp³-hybridized carbons (Fsp3) is 0.0667. The SMILES string of the molecule is O=C(CBr)Nc1ccccc1Nc1ccccc1C=NN=Cc1ccccc1Nc1ccccc1NC(=O)CBr. The van der Waals surface area contributed by atoms with E-state index in [1.807, 2.05) is 97.1 Å². The van der Waals surface area contributed by atoms with E-state index in [1.165, 1.54) is 0 Å². The van der Waals surface area contributed by atoms with Crippen LogP contribution in [0.5, 0.6) is 0 Å². The second-order valence-corrected chi connectivity index (χ2v) is 9.49. The van der Waals surface area contributed by atoms with Crippen LogP contribution in [0.15, 0.2) is 107 Å². The van der Waals surface area contributed by atoms with Gasteiger partial charge in [-0.2, -0.15) is 10.2 Å². The largest absolute Gasteiger partial charge is 0.353 e. The molecule has 40 heavy (non-hydrogen) atoms. The van der Waals surface area contributed by atoms with E-state index in [2.05, 4.69) is 63.3 Å². The van der Waals surface area contributed by atoms with Crippen molar-refractivity contribution >= 4 is 90.2 Å². The zero-order valence-corrected chi connectivity index (χ0v) is 24.4. The highest BCUT2D eigenvalue weighted by Crippen LogP contribution is 2.28. The Balaban J connectivity index is 1.50. The van der Waals surface area contributed by atoms with E-state index in [0.717, 1.165) is 33.9 Å². The molecule has 0 spiro atoms. The Morgan fingerprint density at radius 1 is 0.525 bits per heavy atom. The Morgan fingerprint density at radius 3 is 1.23 bits per heavy atom. The number of nitrogens with one attached hydrogen (secondary N) is 4. The lowest BCUT2D eigenvalue weighted by Gasteiger charge is -2.14. The van der Waals surface area contributed by atoms with E-state index < -0.39 is 0 Å². The van der Waals surface area contributed by atoms with Crippen LogP contribution in [0.3, 0.4) is 0 Å². The summed E-state index contributed by atoms with van der Waals surface area (Å²) in [4.78, 5) is 23.8. The predicted molar refractivity (Wildman–Crippen MR) is 172 cm³/mol. The second kappa shape index (κ2) is 14.8. The molecule has 4 aromatic rings. The van der Waals surface area contributed by atoms with Gasteiger partial charge in [-0.25, -0.2) is 0 Å². The summed E-state index contributed by atoms with van der Waals surface area (Å²) >= 11 is 6.36. The lowest BCUT2D eigenvalue weighted by atomic mass is 10.1. The summed E-state index contributed by atoms with van der Waals surface area (Å²) in [5.41, 5.74) is 6.14. The number of halogens is 2. The molecule has 0 aliphatic rings. The maximum Gasteiger partial charge on any atom is 0.235 e. The normalized spacial score (nSPS) is 10.9. The van der Waals surface area contributed by atoms with Crippen LogP contribution in [0.2, 0.25) is 0 Å². The highest BCUT2D eigenvalue weighted by atomic mass is 79.9. The second-order valence-electron chi connectivity index (χ2n) is 8.37. The Labute approximate surface area is 249 Å². The molecule has 0 saturated carbocycles. The first-order valence-corrected chi connectivity index (χ1v) is 14.5. The fourth-order valence-electron chi connectivity index (χ4n) is 3.70. The molecule has 8 nitrogen and oxygen atoms in total. The zero-order chi connectivity index (χ0) is 28.2. The predicted octanol–water partition coefficient (Wildman–Crippen LogP) is 7.29. The molecule has 10 heteroatoms. The molecular weight excluding hydrogens is 636 g/mol. The number of hydrogen-bond acceptors (Lipinski definition) is 6. The Morgan fingerprint density at radius 2 is 0.850 bits per heavy atom. The van der Waals surface area contributed by atoms with Gasteiger partial charge in [0.2, 0.25) is 11.8 Å². The van der Waals surface area contributed by atoms with Gasteiger partial charge in [0.15, 0.2) is 0 Å². The van der Waals surface area contributed by atoms with Crippen molar-refractivity contribution in [3.63, 3.8) is 0 Å². The first-order chi connectivity index (χ1) is 19.6. The van der Waals surface area contributed by atoms with Gasteiger partial charge in [-0.15, -0.1) is 0 Å². The molecule has 4 aromatic carbocycles. The monoisotopic (exact) mass is 660 g/mol. The number of carbonyl (C=O) groups is 2. The maximum absolute atomic E-state index is 11.9. The van der Waals surface area contributed by atoms with E-state index in [9.17, 15) is 9.59 Å². The molecule has 0 aromatic heterocycles. The van der Waals surface area contributed by atoms with Gasteiger partial charge < -0.3 is 21.3 Å². The zero-order valence-electron chi connectivity index (χ0n) is 21.3. The number of amides is 2. The number of carbonyl (C=O) groups excluding carboxylic acids is 2. The van der Waals surface area contributed by atoms with Gasteiger partial charge in [0.1, 0.15) is 0 Å². The highest BCUT2D eigenvalue weighted by molar-refractivity contribution is 9.09. The van der Waals surface area contributed by atoms with E-state index in [1.54, 1.807) is 12.4 Å². The van der Waals surface area contributed by atoms with Crippen molar-refractivity contribution in [3.8, 4) is 0 Å². The minimum absolute atomic E-state index is 0.139. The van der Waals surface area contributed by atoms with E-state index in [4.69, 9.17) is 0 Å². The first kappa shape index (κ1) is 28.7. The Bertz CT molecular complexity index is 1430. The van der Waals surface area contributed by atoms with Gasteiger partial charge in [0.25, 0.3) is 0 Å². The highest BCUT2D eigenvalue weighted by Gasteiger charge is 2.09. The van der Waals surface area contributed by atoms with Crippen LogP contribution >= 0.6 is 31.9 Å². The molecule has 0 atom stereocenters. The number of para-hydroxylation sites is 6. The number of alkyl halides is 2. The van der Waals surface area contributed by atoms with Crippen LogP contribution in [0.25, 0.3) is 0 Å². The summed E-state index contributed by atoms with van der Waals surface area (Å²) < 4.78 is 0. The van der Waals surface area contributed by atoms with Crippen molar-refractivity contribution < 1.29 is 9.59 Å². The number of benzene rings is 4. The van der Waals surface area contributed by atoms with Crippen LogP contribution < -0.4 is 21.3 Å². The molecule has 0 fully saturated rings. The molecule has 0 heterocycles. The summed E-state index contributed by atoms with van der Waals surface area (Å²) in [5, 5.41) is 21.5. The van der Waals surface area contributed by atoms with Crippen molar-refractivity contribution in [2.24, 2.45) is 10.2 Å². The lowest BCUT2D eigenvalue weighted by Crippen LogP contribution is -2.13. The molecule has 0 aliphatic heterocycles. The van der Waals surface area contributed by atoms with Crippen LogP contribution in [-0.4, -0.2) is 34.9 Å². The van der Waals surface area contributed by atoms with Gasteiger partial charge in [-0.3, -0.25) is 9.59 Å². The van der Waals surface area contributed by atoms with Crippen molar-refractivity contribution in [1.82, 2.24) is 0 Å². The van der Waals surface area contributed by atoms with Crippen molar-refractivity contribution in [3.05, 3.63) is 108 Å². The first-order valence-electron chi connectivity index (χ1n) is 12.3. The molecule has 4 rings (SSSR count). The summed E-state index contributed by atoms with van der Waals surface area (Å²) in [6.45, 7) is 0. The van der Waals surface area contributed by atoms with Gasteiger partial charge >= 0.3 is 0 Å². The van der Waals surface area contributed by atoms with E-state index >= 15 is 0 Å². The molecule has 202 valence electrons. The molecule has 0 aliphatic carbocycles. The van der Waals surface area contributed by atoms with Gasteiger partial charge in [-0.1, -0.05) is 92.5 Å². The number of rotatable bonds is 11. The smallest absolute Gasteiger partial charge is 0.235 e. The average Bonchev–Trinajstić information content (AvgIpc) is 2.98. The van der Waals surface area contributed by atoms with Crippen LogP contribution in [0.4, 0.5) is 34.1 Å². The van der Waals surface area contributed by atoms with Crippen molar-refractivity contribution in [1.29, 1.82) is 0 Å². The molecular formula is C30H26Br2N6O2. The van der Waals surface area contributed by atoms with Crippen molar-refractivity contribution in [2.75, 3.05) is 31.9 Å².